The lowest BCUT2D eigenvalue weighted by Gasteiger charge is -2.04. The van der Waals surface area contributed by atoms with E-state index < -0.39 is 11.7 Å². The van der Waals surface area contributed by atoms with E-state index in [4.69, 9.17) is 0 Å². The summed E-state index contributed by atoms with van der Waals surface area (Å²) in [4.78, 5) is 0. The van der Waals surface area contributed by atoms with Crippen molar-refractivity contribution in [1.29, 1.82) is 0 Å². The summed E-state index contributed by atoms with van der Waals surface area (Å²) in [5, 5.41) is 0. The van der Waals surface area contributed by atoms with E-state index in [1.54, 1.807) is 24.3 Å². The molecule has 0 aromatic heterocycles. The molecule has 20 heavy (non-hydrogen) atoms. The molecule has 0 N–H and O–H groups in total. The largest absolute Gasteiger partial charge is 0.212 e. The van der Waals surface area contributed by atoms with Crippen molar-refractivity contribution in [2.24, 2.45) is 0 Å². The summed E-state index contributed by atoms with van der Waals surface area (Å²) in [5.74, 6) is -1.89. The van der Waals surface area contributed by atoms with Gasteiger partial charge < -0.3 is 0 Å². The number of hydrogen-bond acceptors (Lipinski definition) is 0. The fraction of sp³-hybridized carbons (Fsp3) is 0. The molecule has 0 bridgehead atoms. The van der Waals surface area contributed by atoms with E-state index in [2.05, 4.69) is 0 Å². The van der Waals surface area contributed by atoms with Crippen molar-refractivity contribution in [2.45, 2.75) is 0 Å². The first kappa shape index (κ1) is 14.1. The normalized spacial score (nSPS) is 12.6. The van der Waals surface area contributed by atoms with Gasteiger partial charge in [-0.25, -0.2) is 17.6 Å². The monoisotopic (exact) mass is 278 g/mol. The average molecular weight is 278 g/mol. The summed E-state index contributed by atoms with van der Waals surface area (Å²) >= 11 is 0. The van der Waals surface area contributed by atoms with Crippen LogP contribution >= 0.6 is 0 Å². The second-order valence-electron chi connectivity index (χ2n) is 4.07. The van der Waals surface area contributed by atoms with E-state index in [1.165, 1.54) is 24.3 Å². The zero-order valence-electron chi connectivity index (χ0n) is 10.3. The van der Waals surface area contributed by atoms with Crippen LogP contribution in [0.2, 0.25) is 0 Å². The summed E-state index contributed by atoms with van der Waals surface area (Å²) in [5.41, 5.74) is 1.80. The first-order valence-corrected chi connectivity index (χ1v) is 5.78. The highest BCUT2D eigenvalue weighted by Crippen LogP contribution is 2.25. The standard InChI is InChI=1S/C16H10F4/c17-9-15(19)13-5-1-11(2-6-13)12-3-7-14(8-4-12)16(20)10-18/h1-10H/b15-9+,16-10+. The topological polar surface area (TPSA) is 0 Å². The number of rotatable bonds is 3. The lowest BCUT2D eigenvalue weighted by Crippen LogP contribution is -1.82. The maximum Gasteiger partial charge on any atom is 0.158 e. The molecule has 102 valence electrons. The molecular weight excluding hydrogens is 268 g/mol. The third-order valence-electron chi connectivity index (χ3n) is 2.85. The maximum absolute atomic E-state index is 13.0. The highest BCUT2D eigenvalue weighted by Gasteiger charge is 2.04. The Morgan fingerprint density at radius 2 is 0.900 bits per heavy atom. The molecule has 0 aliphatic carbocycles. The van der Waals surface area contributed by atoms with E-state index in [0.29, 0.717) is 0 Å². The van der Waals surface area contributed by atoms with Crippen LogP contribution in [0, 0.1) is 0 Å². The zero-order valence-corrected chi connectivity index (χ0v) is 10.3. The first-order valence-electron chi connectivity index (χ1n) is 5.78. The summed E-state index contributed by atoms with van der Waals surface area (Å²) in [6, 6.07) is 12.2. The number of benzene rings is 2. The Bertz CT molecular complexity index is 578. The second-order valence-corrected chi connectivity index (χ2v) is 4.07. The van der Waals surface area contributed by atoms with Gasteiger partial charge in [0, 0.05) is 11.1 Å². The van der Waals surface area contributed by atoms with Crippen LogP contribution in [0.1, 0.15) is 11.1 Å². The molecular formula is C16H10F4. The van der Waals surface area contributed by atoms with Crippen molar-refractivity contribution in [3.63, 3.8) is 0 Å². The summed E-state index contributed by atoms with van der Waals surface area (Å²) < 4.78 is 50.0. The average Bonchev–Trinajstić information content (AvgIpc) is 2.53. The highest BCUT2D eigenvalue weighted by atomic mass is 19.2. The van der Waals surface area contributed by atoms with Crippen LogP contribution in [-0.4, -0.2) is 0 Å². The van der Waals surface area contributed by atoms with Crippen molar-refractivity contribution in [1.82, 2.24) is 0 Å². The van der Waals surface area contributed by atoms with Gasteiger partial charge in [-0.2, -0.15) is 0 Å². The Kier molecular flexibility index (Phi) is 4.35. The third kappa shape index (κ3) is 2.96. The van der Waals surface area contributed by atoms with Crippen LogP contribution in [0.5, 0.6) is 0 Å². The fourth-order valence-corrected chi connectivity index (χ4v) is 1.77. The van der Waals surface area contributed by atoms with Gasteiger partial charge in [0.1, 0.15) is 12.7 Å². The minimum absolute atomic E-state index is 0.101. The quantitative estimate of drug-likeness (QED) is 0.620. The molecule has 2 aromatic carbocycles. The van der Waals surface area contributed by atoms with Gasteiger partial charge in [-0.1, -0.05) is 48.5 Å². The van der Waals surface area contributed by atoms with E-state index >= 15 is 0 Å². The van der Waals surface area contributed by atoms with Crippen molar-refractivity contribution in [2.75, 3.05) is 0 Å². The summed E-state index contributed by atoms with van der Waals surface area (Å²) in [6.07, 6.45) is -0.203. The van der Waals surface area contributed by atoms with Gasteiger partial charge in [0.15, 0.2) is 11.7 Å². The Morgan fingerprint density at radius 1 is 0.600 bits per heavy atom. The van der Waals surface area contributed by atoms with Crippen LogP contribution in [-0.2, 0) is 0 Å². The SMILES string of the molecule is F/C=C(/F)c1ccc(-c2ccc(/C(F)=C\F)cc2)cc1. The van der Waals surface area contributed by atoms with Crippen LogP contribution in [0.25, 0.3) is 22.8 Å². The molecule has 0 amide bonds. The lowest BCUT2D eigenvalue weighted by molar-refractivity contribution is 0.671. The third-order valence-corrected chi connectivity index (χ3v) is 2.85. The van der Waals surface area contributed by atoms with Crippen LogP contribution < -0.4 is 0 Å². The molecule has 4 heteroatoms. The molecule has 0 nitrogen and oxygen atoms in total. The van der Waals surface area contributed by atoms with Gasteiger partial charge in [0.05, 0.1) is 0 Å². The minimum atomic E-state index is -0.943. The van der Waals surface area contributed by atoms with Crippen molar-refractivity contribution in [3.8, 4) is 11.1 Å². The van der Waals surface area contributed by atoms with Gasteiger partial charge in [-0.3, -0.25) is 0 Å². The lowest BCUT2D eigenvalue weighted by atomic mass is 10.0. The minimum Gasteiger partial charge on any atom is -0.212 e. The Morgan fingerprint density at radius 3 is 1.15 bits per heavy atom. The molecule has 0 atom stereocenters. The van der Waals surface area contributed by atoms with E-state index in [0.717, 1.165) is 11.1 Å². The van der Waals surface area contributed by atoms with Crippen LogP contribution in [0.3, 0.4) is 0 Å². The Labute approximate surface area is 113 Å². The molecule has 0 aliphatic rings. The van der Waals surface area contributed by atoms with Crippen LogP contribution in [0.4, 0.5) is 17.6 Å². The molecule has 0 aliphatic heterocycles. The second kappa shape index (κ2) is 6.19. The van der Waals surface area contributed by atoms with E-state index in [9.17, 15) is 17.6 Å². The van der Waals surface area contributed by atoms with Crippen molar-refractivity contribution >= 4 is 11.7 Å². The molecule has 0 unspecified atom stereocenters. The molecule has 0 spiro atoms. The van der Waals surface area contributed by atoms with Crippen molar-refractivity contribution in [3.05, 3.63) is 72.3 Å². The Balaban J connectivity index is 2.28. The predicted octanol–water partition coefficient (Wildman–Crippen LogP) is 5.83. The smallest absolute Gasteiger partial charge is 0.158 e. The van der Waals surface area contributed by atoms with Gasteiger partial charge >= 0.3 is 0 Å². The van der Waals surface area contributed by atoms with Gasteiger partial charge in [0.25, 0.3) is 0 Å². The fourth-order valence-electron chi connectivity index (χ4n) is 1.77. The number of hydrogen-bond donors (Lipinski definition) is 0. The van der Waals surface area contributed by atoms with Crippen molar-refractivity contribution < 1.29 is 17.6 Å². The summed E-state index contributed by atoms with van der Waals surface area (Å²) in [6.45, 7) is 0. The molecule has 2 rings (SSSR count). The first-order chi connectivity index (χ1) is 9.65. The van der Waals surface area contributed by atoms with Gasteiger partial charge in [0.2, 0.25) is 0 Å². The summed E-state index contributed by atoms with van der Waals surface area (Å²) in [7, 11) is 0. The maximum atomic E-state index is 13.0. The van der Waals surface area contributed by atoms with Gasteiger partial charge in [-0.05, 0) is 11.1 Å². The highest BCUT2D eigenvalue weighted by molar-refractivity contribution is 5.69. The molecule has 0 saturated carbocycles. The predicted molar refractivity (Wildman–Crippen MR) is 72.3 cm³/mol. The van der Waals surface area contributed by atoms with E-state index in [-0.39, 0.29) is 23.8 Å². The molecule has 0 heterocycles. The zero-order chi connectivity index (χ0) is 14.5. The van der Waals surface area contributed by atoms with Crippen LogP contribution in [0.15, 0.2) is 61.2 Å². The number of halogens is 4. The van der Waals surface area contributed by atoms with E-state index in [1.807, 2.05) is 0 Å². The molecule has 0 radical (unpaired) electrons. The molecule has 0 saturated heterocycles. The van der Waals surface area contributed by atoms with Gasteiger partial charge in [-0.15, -0.1) is 0 Å². The molecule has 2 aromatic rings. The molecule has 0 fully saturated rings. The Hall–Kier alpha value is -2.36.